The van der Waals surface area contributed by atoms with E-state index in [4.69, 9.17) is 9.73 Å². The van der Waals surface area contributed by atoms with E-state index in [-0.39, 0.29) is 12.1 Å². The van der Waals surface area contributed by atoms with Crippen molar-refractivity contribution in [1.29, 1.82) is 0 Å². The fraction of sp³-hybridized carbons (Fsp3) is 0.345. The van der Waals surface area contributed by atoms with Crippen LogP contribution < -0.4 is 5.32 Å². The first-order valence-electron chi connectivity index (χ1n) is 12.9. The summed E-state index contributed by atoms with van der Waals surface area (Å²) in [5.74, 6) is -0.997. The number of ether oxygens (including phenoxy) is 1. The largest absolute Gasteiger partial charge is 0.516 e. The molecule has 5 rings (SSSR count). The van der Waals surface area contributed by atoms with E-state index in [0.717, 1.165) is 53.3 Å². The van der Waals surface area contributed by atoms with E-state index in [1.54, 1.807) is 12.2 Å². The highest BCUT2D eigenvalue weighted by molar-refractivity contribution is 6.01. The number of allylic oxidation sites excluding steroid dienone is 3. The predicted octanol–water partition coefficient (Wildman–Crippen LogP) is 4.05. The van der Waals surface area contributed by atoms with E-state index in [9.17, 15) is 27.9 Å². The molecule has 1 unspecified atom stereocenters. The Kier molecular flexibility index (Phi) is 8.93. The summed E-state index contributed by atoms with van der Waals surface area (Å²) in [6.45, 7) is 7.63. The minimum atomic E-state index is -4.64. The van der Waals surface area contributed by atoms with Crippen LogP contribution in [0.4, 0.5) is 13.2 Å². The number of nitrogens with one attached hydrogen (secondary N) is 1. The zero-order valence-corrected chi connectivity index (χ0v) is 22.1. The van der Waals surface area contributed by atoms with Gasteiger partial charge in [0.25, 0.3) is 5.91 Å². The highest BCUT2D eigenvalue weighted by Gasteiger charge is 2.40. The number of morpholine rings is 1. The molecule has 1 aliphatic carbocycles. The summed E-state index contributed by atoms with van der Waals surface area (Å²) in [5, 5.41) is 13.0. The topological polar surface area (TPSA) is 94.5 Å². The fourth-order valence-electron chi connectivity index (χ4n) is 4.86. The van der Waals surface area contributed by atoms with Crippen molar-refractivity contribution in [2.75, 3.05) is 32.8 Å². The second-order valence-corrected chi connectivity index (χ2v) is 9.47. The maximum atomic E-state index is 13.6. The minimum Gasteiger partial charge on any atom is -0.516 e. The number of carbonyl (C=O) groups is 2. The number of guanidine groups is 1. The van der Waals surface area contributed by atoms with Crippen LogP contribution in [0.2, 0.25) is 0 Å². The summed E-state index contributed by atoms with van der Waals surface area (Å²) in [6, 6.07) is 8.14. The van der Waals surface area contributed by atoms with Crippen molar-refractivity contribution in [1.82, 2.24) is 15.1 Å². The summed E-state index contributed by atoms with van der Waals surface area (Å²) < 4.78 is 38.0. The van der Waals surface area contributed by atoms with Gasteiger partial charge in [0, 0.05) is 49.7 Å². The number of hydrogen-bond donors (Lipinski definition) is 2. The monoisotopic (exact) mass is 556 g/mol. The van der Waals surface area contributed by atoms with Crippen molar-refractivity contribution in [2.24, 2.45) is 4.99 Å². The van der Waals surface area contributed by atoms with Crippen molar-refractivity contribution in [3.05, 3.63) is 88.9 Å². The van der Waals surface area contributed by atoms with E-state index in [2.05, 4.69) is 28.9 Å². The lowest BCUT2D eigenvalue weighted by Crippen LogP contribution is -2.51. The molecule has 2 saturated heterocycles. The smallest absolute Gasteiger partial charge is 0.449 e. The van der Waals surface area contributed by atoms with Crippen LogP contribution in [0.5, 0.6) is 0 Å². The third-order valence-electron chi connectivity index (χ3n) is 6.88. The number of nitrogens with zero attached hydrogens (tertiary/aromatic N) is 3. The molecule has 8 nitrogen and oxygen atoms in total. The Morgan fingerprint density at radius 3 is 2.52 bits per heavy atom. The number of carbonyl (C=O) groups excluding carboxylic acids is 2. The number of halogens is 3. The third-order valence-corrected chi connectivity index (χ3v) is 6.88. The van der Waals surface area contributed by atoms with Crippen molar-refractivity contribution in [3.63, 3.8) is 0 Å². The summed E-state index contributed by atoms with van der Waals surface area (Å²) in [7, 11) is 0. The molecule has 0 saturated carbocycles. The number of alkyl halides is 3. The zero-order valence-electron chi connectivity index (χ0n) is 22.1. The lowest BCUT2D eigenvalue weighted by molar-refractivity contribution is -0.168. The number of benzene rings is 1. The number of amides is 1. The van der Waals surface area contributed by atoms with Crippen LogP contribution in [-0.2, 0) is 20.7 Å². The second-order valence-electron chi connectivity index (χ2n) is 9.47. The van der Waals surface area contributed by atoms with E-state index < -0.39 is 12.0 Å². The van der Waals surface area contributed by atoms with E-state index in [1.807, 2.05) is 29.2 Å². The van der Waals surface area contributed by atoms with Gasteiger partial charge in [0.15, 0.2) is 6.17 Å². The van der Waals surface area contributed by atoms with Gasteiger partial charge in [-0.1, -0.05) is 43.0 Å². The standard InChI is InChI=1S/C26H28N4O3.C3H3F3O/c1-2-5-18(9-13-31)23-22-8-10-30(24(22)28-26(27-23)29-11-14-33-15-12-29)25(32)21-16-19-6-3-4-7-20(19)17-21;1-2(7)3(4,5)6/h2-7,9,13,16,24,31H,1,8,10-12,14-15,17H2,(H,27,28);1H3/b13-9+,18-5+;. The summed E-state index contributed by atoms with van der Waals surface area (Å²) in [5.41, 5.74) is 5.82. The Labute approximate surface area is 230 Å². The number of aliphatic hydroxyl groups excluding tert-OH is 1. The first-order chi connectivity index (χ1) is 19.1. The highest BCUT2D eigenvalue weighted by atomic mass is 19.4. The predicted molar refractivity (Wildman–Crippen MR) is 145 cm³/mol. The van der Waals surface area contributed by atoms with Gasteiger partial charge in [-0.05, 0) is 29.7 Å². The van der Waals surface area contributed by atoms with Gasteiger partial charge in [0.1, 0.15) is 0 Å². The van der Waals surface area contributed by atoms with E-state index in [1.165, 1.54) is 5.56 Å². The average Bonchev–Trinajstić information content (AvgIpc) is 3.57. The number of Topliss-reactive ketones (excluding diaryl/α,β-unsaturated/α-hetero) is 1. The van der Waals surface area contributed by atoms with Crippen LogP contribution in [0.25, 0.3) is 6.08 Å². The second kappa shape index (κ2) is 12.4. The molecule has 40 heavy (non-hydrogen) atoms. The Hall–Kier alpha value is -4.12. The quantitative estimate of drug-likeness (QED) is 0.429. The van der Waals surface area contributed by atoms with Crippen molar-refractivity contribution in [2.45, 2.75) is 32.1 Å². The lowest BCUT2D eigenvalue weighted by atomic mass is 10.0. The van der Waals surface area contributed by atoms with Gasteiger partial charge < -0.3 is 25.0 Å². The number of aliphatic hydroxyl groups is 1. The Morgan fingerprint density at radius 2 is 1.90 bits per heavy atom. The minimum absolute atomic E-state index is 0.0319. The first kappa shape index (κ1) is 28.9. The number of ketones is 1. The average molecular weight is 557 g/mol. The van der Waals surface area contributed by atoms with Gasteiger partial charge in [0.05, 0.1) is 25.2 Å². The van der Waals surface area contributed by atoms with Gasteiger partial charge >= 0.3 is 6.18 Å². The van der Waals surface area contributed by atoms with Crippen LogP contribution in [-0.4, -0.2) is 77.7 Å². The molecule has 0 spiro atoms. The Morgan fingerprint density at radius 1 is 1.20 bits per heavy atom. The summed E-state index contributed by atoms with van der Waals surface area (Å²) in [4.78, 5) is 32.0. The van der Waals surface area contributed by atoms with Crippen molar-refractivity contribution in [3.8, 4) is 0 Å². The Bertz CT molecular complexity index is 1320. The Balaban J connectivity index is 0.000000470. The number of hydrogen-bond acceptors (Lipinski definition) is 7. The van der Waals surface area contributed by atoms with Gasteiger partial charge in [-0.15, -0.1) is 0 Å². The molecule has 2 fully saturated rings. The fourth-order valence-corrected chi connectivity index (χ4v) is 4.86. The van der Waals surface area contributed by atoms with Crippen molar-refractivity contribution < 1.29 is 32.6 Å². The van der Waals surface area contributed by atoms with Gasteiger partial charge in [-0.2, -0.15) is 13.2 Å². The number of likely N-dealkylation sites (tertiary alicyclic amines) is 1. The molecule has 1 aromatic rings. The number of aliphatic imine (C=N–C) groups is 1. The molecule has 0 bridgehead atoms. The lowest BCUT2D eigenvalue weighted by Gasteiger charge is -2.36. The molecule has 212 valence electrons. The van der Waals surface area contributed by atoms with Gasteiger partial charge in [-0.25, -0.2) is 4.99 Å². The van der Waals surface area contributed by atoms with E-state index in [0.29, 0.717) is 39.5 Å². The molecule has 3 aliphatic heterocycles. The molecule has 4 aliphatic rings. The maximum absolute atomic E-state index is 13.6. The number of rotatable bonds is 4. The van der Waals surface area contributed by atoms with Crippen LogP contribution in [0, 0.1) is 0 Å². The molecule has 0 aromatic heterocycles. The SMILES string of the molecule is C=C/C=C(\C=C\O)C1=C2CCN(C(=O)C3=Cc4ccccc4C3)C2N=C(N2CCOCC2)N1.CC(=O)C(F)(F)F. The molecular formula is C29H31F3N4O4. The highest BCUT2D eigenvalue weighted by Crippen LogP contribution is 2.35. The summed E-state index contributed by atoms with van der Waals surface area (Å²) in [6.07, 6.45) is 4.56. The summed E-state index contributed by atoms with van der Waals surface area (Å²) >= 11 is 0. The van der Waals surface area contributed by atoms with Gasteiger partial charge in [0.2, 0.25) is 11.7 Å². The van der Waals surface area contributed by atoms with Crippen LogP contribution >= 0.6 is 0 Å². The van der Waals surface area contributed by atoms with Crippen LogP contribution in [0.15, 0.2) is 82.7 Å². The first-order valence-corrected chi connectivity index (χ1v) is 12.9. The molecule has 3 heterocycles. The van der Waals surface area contributed by atoms with Gasteiger partial charge in [-0.3, -0.25) is 9.59 Å². The normalized spacial score (nSPS) is 20.7. The molecule has 1 atom stereocenters. The van der Waals surface area contributed by atoms with Crippen molar-refractivity contribution >= 4 is 23.7 Å². The maximum Gasteiger partial charge on any atom is 0.449 e. The zero-order chi connectivity index (χ0) is 28.9. The molecule has 1 amide bonds. The molecule has 11 heteroatoms. The molecule has 1 aromatic carbocycles. The van der Waals surface area contributed by atoms with Crippen LogP contribution in [0.1, 0.15) is 24.5 Å². The van der Waals surface area contributed by atoms with Crippen LogP contribution in [0.3, 0.4) is 0 Å². The molecule has 2 N–H and O–H groups in total. The van der Waals surface area contributed by atoms with E-state index >= 15 is 0 Å². The third kappa shape index (κ3) is 6.36. The number of fused-ring (bicyclic) bond motifs is 2. The molecular weight excluding hydrogens is 525 g/mol. The molecule has 0 radical (unpaired) electrons.